The first-order valence-electron chi connectivity index (χ1n) is 4.23. The molecule has 0 aliphatic carbocycles. The summed E-state index contributed by atoms with van der Waals surface area (Å²) < 4.78 is 12.8. The molecule has 0 saturated carbocycles. The predicted molar refractivity (Wildman–Crippen MR) is 58.6 cm³/mol. The molecule has 0 aliphatic heterocycles. The highest BCUT2D eigenvalue weighted by Gasteiger charge is 2.17. The van der Waals surface area contributed by atoms with Gasteiger partial charge in [0, 0.05) is 16.6 Å². The third kappa shape index (κ3) is 1.72. The molecule has 2 rings (SSSR count). The van der Waals surface area contributed by atoms with Crippen molar-refractivity contribution in [3.63, 3.8) is 0 Å². The first-order valence-corrected chi connectivity index (χ1v) is 5.05. The van der Waals surface area contributed by atoms with E-state index in [-0.39, 0.29) is 16.5 Å². The van der Waals surface area contributed by atoms with E-state index in [4.69, 9.17) is 5.73 Å². The number of nitrogens with zero attached hydrogens (tertiary/aromatic N) is 2. The second kappa shape index (κ2) is 3.86. The van der Waals surface area contributed by atoms with E-state index in [9.17, 15) is 14.5 Å². The van der Waals surface area contributed by atoms with Crippen LogP contribution in [0.4, 0.5) is 15.8 Å². The fourth-order valence-corrected chi connectivity index (χ4v) is 2.02. The molecule has 0 bridgehead atoms. The minimum atomic E-state index is -0.615. The summed E-state index contributed by atoms with van der Waals surface area (Å²) in [4.78, 5) is 14.2. The molecule has 0 spiro atoms. The highest BCUT2D eigenvalue weighted by atomic mass is 32.1. The van der Waals surface area contributed by atoms with Crippen LogP contribution in [0.2, 0.25) is 0 Å². The van der Waals surface area contributed by atoms with Gasteiger partial charge in [-0.25, -0.2) is 0 Å². The van der Waals surface area contributed by atoms with E-state index in [1.807, 2.05) is 0 Å². The largest absolute Gasteiger partial charge is 0.393 e. The summed E-state index contributed by atoms with van der Waals surface area (Å²) in [5, 5.41) is 10.3. The molecule has 2 aromatic heterocycles. The molecule has 7 heteroatoms. The van der Waals surface area contributed by atoms with Crippen LogP contribution in [0.5, 0.6) is 0 Å². The third-order valence-electron chi connectivity index (χ3n) is 2.00. The topological polar surface area (TPSA) is 82.0 Å². The van der Waals surface area contributed by atoms with Gasteiger partial charge >= 0.3 is 5.69 Å². The van der Waals surface area contributed by atoms with E-state index in [0.717, 1.165) is 17.5 Å². The molecule has 0 amide bonds. The first kappa shape index (κ1) is 10.5. The second-order valence-corrected chi connectivity index (χ2v) is 4.01. The summed E-state index contributed by atoms with van der Waals surface area (Å²) in [6, 6.07) is 2.79. The van der Waals surface area contributed by atoms with E-state index in [0.29, 0.717) is 10.4 Å². The molecule has 5 nitrogen and oxygen atoms in total. The van der Waals surface area contributed by atoms with Gasteiger partial charge in [-0.3, -0.25) is 15.1 Å². The van der Waals surface area contributed by atoms with Crippen LogP contribution in [0.15, 0.2) is 24.5 Å². The van der Waals surface area contributed by atoms with Gasteiger partial charge in [0.15, 0.2) is 5.13 Å². The van der Waals surface area contributed by atoms with Crippen LogP contribution in [0.3, 0.4) is 0 Å². The lowest BCUT2D eigenvalue weighted by molar-refractivity contribution is -0.384. The molecule has 2 aromatic rings. The molecule has 0 fully saturated rings. The van der Waals surface area contributed by atoms with Crippen molar-refractivity contribution in [2.75, 3.05) is 5.73 Å². The minimum absolute atomic E-state index is 0.00171. The Balaban J connectivity index is 2.58. The average molecular weight is 239 g/mol. The molecule has 0 aliphatic rings. The number of hydrogen-bond donors (Lipinski definition) is 1. The Morgan fingerprint density at radius 2 is 2.19 bits per heavy atom. The van der Waals surface area contributed by atoms with E-state index in [1.165, 1.54) is 18.3 Å². The van der Waals surface area contributed by atoms with Gasteiger partial charge in [-0.15, -0.1) is 11.3 Å². The number of hydrogen-bond acceptors (Lipinski definition) is 5. The second-order valence-electron chi connectivity index (χ2n) is 2.98. The number of nitro groups is 1. The Morgan fingerprint density at radius 3 is 2.75 bits per heavy atom. The standard InChI is InChI=1S/C9H6FN3O2S/c10-8-2-1-7(16-8)5-3-12-4-6(9(5)11)13(14)15/h1-4H,(H2,11,12). The number of nitrogen functional groups attached to an aromatic ring is 1. The van der Waals surface area contributed by atoms with Gasteiger partial charge in [-0.2, -0.15) is 4.39 Å². The molecular weight excluding hydrogens is 233 g/mol. The zero-order valence-corrected chi connectivity index (χ0v) is 8.70. The van der Waals surface area contributed by atoms with Crippen molar-refractivity contribution < 1.29 is 9.31 Å². The van der Waals surface area contributed by atoms with Crippen LogP contribution in [0.1, 0.15) is 0 Å². The highest BCUT2D eigenvalue weighted by Crippen LogP contribution is 2.35. The molecule has 2 heterocycles. The van der Waals surface area contributed by atoms with Gasteiger partial charge in [-0.05, 0) is 12.1 Å². The van der Waals surface area contributed by atoms with Crippen molar-refractivity contribution in [1.82, 2.24) is 4.98 Å². The van der Waals surface area contributed by atoms with Crippen LogP contribution >= 0.6 is 11.3 Å². The number of nitrogens with two attached hydrogens (primary N) is 1. The Kier molecular flexibility index (Phi) is 2.53. The van der Waals surface area contributed by atoms with E-state index in [2.05, 4.69) is 4.98 Å². The number of rotatable bonds is 2. The molecule has 82 valence electrons. The third-order valence-corrected chi connectivity index (χ3v) is 2.91. The van der Waals surface area contributed by atoms with Crippen LogP contribution in [-0.2, 0) is 0 Å². The van der Waals surface area contributed by atoms with E-state index < -0.39 is 4.92 Å². The van der Waals surface area contributed by atoms with Crippen molar-refractivity contribution in [2.24, 2.45) is 0 Å². The summed E-state index contributed by atoms with van der Waals surface area (Å²) in [6.45, 7) is 0. The van der Waals surface area contributed by atoms with E-state index in [1.54, 1.807) is 0 Å². The van der Waals surface area contributed by atoms with Gasteiger partial charge in [-0.1, -0.05) is 0 Å². The lowest BCUT2D eigenvalue weighted by Gasteiger charge is -2.02. The Labute approximate surface area is 93.5 Å². The summed E-state index contributed by atoms with van der Waals surface area (Å²) in [5.74, 6) is 0. The van der Waals surface area contributed by atoms with Crippen LogP contribution in [0.25, 0.3) is 10.4 Å². The zero-order valence-electron chi connectivity index (χ0n) is 7.88. The Bertz CT molecular complexity index is 555. The summed E-state index contributed by atoms with van der Waals surface area (Å²) in [5.41, 5.74) is 5.74. The quantitative estimate of drug-likeness (QED) is 0.644. The first-order chi connectivity index (χ1) is 7.59. The summed E-state index contributed by atoms with van der Waals surface area (Å²) in [7, 11) is 0. The average Bonchev–Trinajstić information content (AvgIpc) is 2.64. The van der Waals surface area contributed by atoms with Crippen molar-refractivity contribution in [3.8, 4) is 10.4 Å². The van der Waals surface area contributed by atoms with Gasteiger partial charge in [0.25, 0.3) is 0 Å². The van der Waals surface area contributed by atoms with Crippen molar-refractivity contribution >= 4 is 22.7 Å². The molecule has 0 saturated heterocycles. The molecule has 2 N–H and O–H groups in total. The minimum Gasteiger partial charge on any atom is -0.393 e. The van der Waals surface area contributed by atoms with Gasteiger partial charge in [0.2, 0.25) is 0 Å². The number of pyridine rings is 1. The fourth-order valence-electron chi connectivity index (χ4n) is 1.26. The van der Waals surface area contributed by atoms with Crippen LogP contribution in [-0.4, -0.2) is 9.91 Å². The Morgan fingerprint density at radius 1 is 1.44 bits per heavy atom. The van der Waals surface area contributed by atoms with Crippen molar-refractivity contribution in [2.45, 2.75) is 0 Å². The Hall–Kier alpha value is -2.02. The summed E-state index contributed by atoms with van der Waals surface area (Å²) >= 11 is 0.866. The molecule has 0 aromatic carbocycles. The van der Waals surface area contributed by atoms with E-state index >= 15 is 0 Å². The summed E-state index contributed by atoms with van der Waals surface area (Å²) in [6.07, 6.45) is 2.45. The predicted octanol–water partition coefficient (Wildman–Crippen LogP) is 2.44. The fraction of sp³-hybridized carbons (Fsp3) is 0. The van der Waals surface area contributed by atoms with Crippen molar-refractivity contribution in [1.29, 1.82) is 0 Å². The number of anilines is 1. The van der Waals surface area contributed by atoms with Crippen molar-refractivity contribution in [3.05, 3.63) is 39.8 Å². The number of aromatic nitrogens is 1. The molecule has 16 heavy (non-hydrogen) atoms. The van der Waals surface area contributed by atoms with Gasteiger partial charge in [0.1, 0.15) is 11.9 Å². The zero-order chi connectivity index (χ0) is 11.7. The lowest BCUT2D eigenvalue weighted by Crippen LogP contribution is -1.98. The van der Waals surface area contributed by atoms with Gasteiger partial charge < -0.3 is 5.73 Å². The maximum absolute atomic E-state index is 12.8. The van der Waals surface area contributed by atoms with Gasteiger partial charge in [0.05, 0.1) is 4.92 Å². The van der Waals surface area contributed by atoms with Crippen LogP contribution < -0.4 is 5.73 Å². The number of thiophene rings is 1. The smallest absolute Gasteiger partial charge is 0.310 e. The number of halogens is 1. The maximum Gasteiger partial charge on any atom is 0.310 e. The van der Waals surface area contributed by atoms with Crippen LogP contribution in [0, 0.1) is 15.2 Å². The maximum atomic E-state index is 12.8. The molecular formula is C9H6FN3O2S. The SMILES string of the molecule is Nc1c(-c2ccc(F)s2)cncc1[N+](=O)[O-]. The molecule has 0 radical (unpaired) electrons. The lowest BCUT2D eigenvalue weighted by atomic mass is 10.2. The molecule has 0 atom stereocenters. The normalized spacial score (nSPS) is 10.3. The monoisotopic (exact) mass is 239 g/mol. The molecule has 0 unspecified atom stereocenters. The highest BCUT2D eigenvalue weighted by molar-refractivity contribution is 7.14.